The highest BCUT2D eigenvalue weighted by molar-refractivity contribution is 5.47. The molecule has 0 unspecified atom stereocenters. The van der Waals surface area contributed by atoms with Crippen molar-refractivity contribution in [3.63, 3.8) is 0 Å². The van der Waals surface area contributed by atoms with E-state index >= 15 is 0 Å². The molecule has 0 aromatic heterocycles. The van der Waals surface area contributed by atoms with E-state index in [1.54, 1.807) is 0 Å². The lowest BCUT2D eigenvalue weighted by atomic mass is 10.2. The monoisotopic (exact) mass is 134 g/mol. The first-order valence-electron chi connectivity index (χ1n) is 3.11. The molecule has 0 spiro atoms. The van der Waals surface area contributed by atoms with Gasteiger partial charge in [-0.05, 0) is 12.5 Å². The van der Waals surface area contributed by atoms with E-state index < -0.39 is 0 Å². The summed E-state index contributed by atoms with van der Waals surface area (Å²) in [5, 5.41) is 0. The van der Waals surface area contributed by atoms with Crippen LogP contribution in [-0.2, 0) is 0 Å². The smallest absolute Gasteiger partial charge is 0.0260 e. The van der Waals surface area contributed by atoms with Gasteiger partial charge in [0.15, 0.2) is 0 Å². The van der Waals surface area contributed by atoms with Crippen LogP contribution in [0.1, 0.15) is 19.9 Å². The summed E-state index contributed by atoms with van der Waals surface area (Å²) in [6.45, 7) is 2.02. The minimum absolute atomic E-state index is 0. The summed E-state index contributed by atoms with van der Waals surface area (Å²) in [6.07, 6.45) is 4.12. The Morgan fingerprint density at radius 2 is 1.70 bits per heavy atom. The Bertz CT molecular complexity index is 184. The maximum Gasteiger partial charge on any atom is -0.0260 e. The highest BCUT2D eigenvalue weighted by Gasteiger charge is 1.77. The Labute approximate surface area is 63.2 Å². The molecule has 0 aliphatic carbocycles. The first-order valence-corrected chi connectivity index (χ1v) is 3.11. The van der Waals surface area contributed by atoms with Crippen LogP contribution in [0.4, 0.5) is 0 Å². The van der Waals surface area contributed by atoms with Crippen LogP contribution in [0.25, 0.3) is 6.08 Å². The largest absolute Gasteiger partial charge is 0.0871 e. The summed E-state index contributed by atoms with van der Waals surface area (Å²) in [7, 11) is 0. The van der Waals surface area contributed by atoms with Crippen molar-refractivity contribution >= 4 is 6.08 Å². The van der Waals surface area contributed by atoms with Crippen molar-refractivity contribution in [1.29, 1.82) is 0 Å². The van der Waals surface area contributed by atoms with Crippen molar-refractivity contribution in [2.24, 2.45) is 0 Å². The van der Waals surface area contributed by atoms with Crippen molar-refractivity contribution in [1.82, 2.24) is 0 Å². The molecular formula is C10H14. The van der Waals surface area contributed by atoms with Crippen LogP contribution in [-0.4, -0.2) is 0 Å². The molecule has 0 radical (unpaired) electrons. The Kier molecular flexibility index (Phi) is 4.30. The third-order valence-corrected chi connectivity index (χ3v) is 1.16. The maximum atomic E-state index is 2.08. The second-order valence-corrected chi connectivity index (χ2v) is 1.91. The zero-order valence-corrected chi connectivity index (χ0v) is 5.54. The molecule has 0 aliphatic heterocycles. The van der Waals surface area contributed by atoms with Gasteiger partial charge in [0.2, 0.25) is 0 Å². The molecule has 54 valence electrons. The molecule has 1 rings (SSSR count). The summed E-state index contributed by atoms with van der Waals surface area (Å²) in [4.78, 5) is 0. The topological polar surface area (TPSA) is 0 Å². The van der Waals surface area contributed by atoms with E-state index in [4.69, 9.17) is 0 Å². The van der Waals surface area contributed by atoms with E-state index in [1.165, 1.54) is 5.56 Å². The zero-order chi connectivity index (χ0) is 6.53. The molecule has 0 fully saturated rings. The summed E-state index contributed by atoms with van der Waals surface area (Å²) >= 11 is 0. The molecule has 0 saturated heterocycles. The van der Waals surface area contributed by atoms with E-state index in [0.717, 1.165) is 0 Å². The minimum Gasteiger partial charge on any atom is -0.0871 e. The Morgan fingerprint density at radius 3 is 2.20 bits per heavy atom. The van der Waals surface area contributed by atoms with Crippen LogP contribution in [0.2, 0.25) is 0 Å². The molecule has 0 saturated carbocycles. The van der Waals surface area contributed by atoms with Gasteiger partial charge in [0, 0.05) is 0 Å². The second kappa shape index (κ2) is 4.80. The molecular weight excluding hydrogens is 120 g/mol. The number of hydrogen-bond acceptors (Lipinski definition) is 0. The van der Waals surface area contributed by atoms with Crippen LogP contribution in [0.3, 0.4) is 0 Å². The summed E-state index contributed by atoms with van der Waals surface area (Å²) in [5.74, 6) is 0. The van der Waals surface area contributed by atoms with Gasteiger partial charge in [-0.1, -0.05) is 49.9 Å². The van der Waals surface area contributed by atoms with Gasteiger partial charge < -0.3 is 0 Å². The Balaban J connectivity index is 0.000000810. The molecule has 10 heavy (non-hydrogen) atoms. The summed E-state index contributed by atoms with van der Waals surface area (Å²) in [6, 6.07) is 10.3. The molecule has 0 heterocycles. The number of hydrogen-bond donors (Lipinski definition) is 0. The van der Waals surface area contributed by atoms with Gasteiger partial charge >= 0.3 is 0 Å². The first-order chi connectivity index (χ1) is 4.43. The molecule has 0 aliphatic rings. The molecule has 0 heteroatoms. The van der Waals surface area contributed by atoms with Gasteiger partial charge in [0.1, 0.15) is 0 Å². The fourth-order valence-electron chi connectivity index (χ4n) is 0.757. The molecule has 0 N–H and O–H groups in total. The Morgan fingerprint density at radius 1 is 1.10 bits per heavy atom. The highest BCUT2D eigenvalue weighted by Crippen LogP contribution is 1.99. The van der Waals surface area contributed by atoms with Crippen LogP contribution in [0, 0.1) is 0 Å². The van der Waals surface area contributed by atoms with E-state index in [9.17, 15) is 0 Å². The third-order valence-electron chi connectivity index (χ3n) is 1.16. The lowest BCUT2D eigenvalue weighted by Crippen LogP contribution is -1.65. The lowest BCUT2D eigenvalue weighted by molar-refractivity contribution is 1.64. The van der Waals surface area contributed by atoms with E-state index in [2.05, 4.69) is 18.2 Å². The predicted molar refractivity (Wildman–Crippen MR) is 47.9 cm³/mol. The summed E-state index contributed by atoms with van der Waals surface area (Å²) in [5.41, 5.74) is 1.26. The standard InChI is InChI=1S/C9H10.CH4/c1-2-6-9-7-4-3-5-8-9;/h2-8H,1H3;1H4/b6-2+;. The number of benzene rings is 1. The predicted octanol–water partition coefficient (Wildman–Crippen LogP) is 3.36. The average molecular weight is 134 g/mol. The van der Waals surface area contributed by atoms with Gasteiger partial charge in [-0.2, -0.15) is 0 Å². The van der Waals surface area contributed by atoms with E-state index in [-0.39, 0.29) is 7.43 Å². The van der Waals surface area contributed by atoms with Gasteiger partial charge in [0.25, 0.3) is 0 Å². The molecule has 0 amide bonds. The quantitative estimate of drug-likeness (QED) is 0.552. The van der Waals surface area contributed by atoms with Gasteiger partial charge in [0.05, 0.1) is 0 Å². The second-order valence-electron chi connectivity index (χ2n) is 1.91. The zero-order valence-electron chi connectivity index (χ0n) is 5.54. The van der Waals surface area contributed by atoms with Gasteiger partial charge in [-0.25, -0.2) is 0 Å². The summed E-state index contributed by atoms with van der Waals surface area (Å²) < 4.78 is 0. The molecule has 1 aromatic carbocycles. The normalized spacial score (nSPS) is 9.30. The lowest BCUT2D eigenvalue weighted by Gasteiger charge is -1.86. The van der Waals surface area contributed by atoms with Crippen molar-refractivity contribution < 1.29 is 0 Å². The fourth-order valence-corrected chi connectivity index (χ4v) is 0.757. The van der Waals surface area contributed by atoms with E-state index in [0.29, 0.717) is 0 Å². The van der Waals surface area contributed by atoms with Gasteiger partial charge in [-0.15, -0.1) is 0 Å². The molecule has 0 nitrogen and oxygen atoms in total. The number of allylic oxidation sites excluding steroid dienone is 1. The van der Waals surface area contributed by atoms with Crippen molar-refractivity contribution in [2.75, 3.05) is 0 Å². The molecule has 1 aromatic rings. The van der Waals surface area contributed by atoms with Crippen LogP contribution < -0.4 is 0 Å². The molecule has 0 bridgehead atoms. The maximum absolute atomic E-state index is 2.08. The highest BCUT2D eigenvalue weighted by atomic mass is 13.8. The fraction of sp³-hybridized carbons (Fsp3) is 0.200. The minimum atomic E-state index is 0. The molecule has 0 atom stereocenters. The average Bonchev–Trinajstić information content (AvgIpc) is 1.91. The Hall–Kier alpha value is -1.04. The van der Waals surface area contributed by atoms with Crippen LogP contribution >= 0.6 is 0 Å². The van der Waals surface area contributed by atoms with Crippen LogP contribution in [0.15, 0.2) is 36.4 Å². The third kappa shape index (κ3) is 2.49. The van der Waals surface area contributed by atoms with Crippen molar-refractivity contribution in [2.45, 2.75) is 14.4 Å². The SMILES string of the molecule is C.C/C=C/c1ccccc1. The van der Waals surface area contributed by atoms with Crippen LogP contribution in [0.5, 0.6) is 0 Å². The van der Waals surface area contributed by atoms with Crippen molar-refractivity contribution in [3.8, 4) is 0 Å². The number of rotatable bonds is 1. The first kappa shape index (κ1) is 8.96. The van der Waals surface area contributed by atoms with Crippen molar-refractivity contribution in [3.05, 3.63) is 42.0 Å². The van der Waals surface area contributed by atoms with E-state index in [1.807, 2.05) is 31.2 Å². The van der Waals surface area contributed by atoms with Gasteiger partial charge in [-0.3, -0.25) is 0 Å².